The molecule has 0 saturated carbocycles. The van der Waals surface area contributed by atoms with Gasteiger partial charge in [-0.3, -0.25) is 9.59 Å². The number of hydrogen-bond acceptors (Lipinski definition) is 3. The number of benzene rings is 1. The summed E-state index contributed by atoms with van der Waals surface area (Å²) in [4.78, 5) is 24.9. The van der Waals surface area contributed by atoms with Crippen LogP contribution in [0.3, 0.4) is 0 Å². The van der Waals surface area contributed by atoms with Gasteiger partial charge in [-0.25, -0.2) is 0 Å². The number of hydrogen-bond donors (Lipinski definition) is 1. The molecular weight excluding hydrogens is 294 g/mol. The number of nitrogens with zero attached hydrogens (tertiary/aromatic N) is 1. The molecule has 0 unspecified atom stereocenters. The fourth-order valence-corrected chi connectivity index (χ4v) is 2.70. The van der Waals surface area contributed by atoms with Crippen LogP contribution in [-0.4, -0.2) is 47.7 Å². The molecule has 2 rings (SSSR count). The predicted octanol–water partition coefficient (Wildman–Crippen LogP) is 1.97. The summed E-state index contributed by atoms with van der Waals surface area (Å²) in [5.74, 6) is -1.19. The lowest BCUT2D eigenvalue weighted by Crippen LogP contribution is -2.46. The van der Waals surface area contributed by atoms with Gasteiger partial charge in [-0.15, -0.1) is 0 Å². The molecular formula is C15H18ClNO4. The van der Waals surface area contributed by atoms with Crippen molar-refractivity contribution in [2.75, 3.05) is 19.8 Å². The van der Waals surface area contributed by atoms with Crippen LogP contribution in [0.1, 0.15) is 18.4 Å². The van der Waals surface area contributed by atoms with Gasteiger partial charge in [0.2, 0.25) is 5.91 Å². The van der Waals surface area contributed by atoms with Crippen molar-refractivity contribution in [1.82, 2.24) is 4.90 Å². The number of rotatable bonds is 5. The summed E-state index contributed by atoms with van der Waals surface area (Å²) < 4.78 is 5.27. The van der Waals surface area contributed by atoms with E-state index in [1.165, 1.54) is 4.90 Å². The van der Waals surface area contributed by atoms with Crippen LogP contribution in [0.4, 0.5) is 0 Å². The molecule has 0 atom stereocenters. The first-order chi connectivity index (χ1) is 10.1. The molecule has 0 aromatic heterocycles. The highest BCUT2D eigenvalue weighted by atomic mass is 35.5. The summed E-state index contributed by atoms with van der Waals surface area (Å²) in [5, 5.41) is 9.59. The molecule has 1 aromatic carbocycles. The van der Waals surface area contributed by atoms with Crippen LogP contribution in [0.15, 0.2) is 24.3 Å². The minimum Gasteiger partial charge on any atom is -0.480 e. The van der Waals surface area contributed by atoms with Crippen LogP contribution in [-0.2, 0) is 20.7 Å². The summed E-state index contributed by atoms with van der Waals surface area (Å²) in [5.41, 5.74) is 0.787. The second-order valence-corrected chi connectivity index (χ2v) is 5.50. The first-order valence-electron chi connectivity index (χ1n) is 6.89. The Morgan fingerprint density at radius 2 is 2.05 bits per heavy atom. The van der Waals surface area contributed by atoms with Gasteiger partial charge in [0, 0.05) is 24.3 Å². The van der Waals surface area contributed by atoms with E-state index in [1.54, 1.807) is 18.2 Å². The van der Waals surface area contributed by atoms with E-state index in [2.05, 4.69) is 0 Å². The van der Waals surface area contributed by atoms with E-state index < -0.39 is 5.97 Å². The second-order valence-electron chi connectivity index (χ2n) is 5.07. The van der Waals surface area contributed by atoms with E-state index in [4.69, 9.17) is 21.4 Å². The summed E-state index contributed by atoms with van der Waals surface area (Å²) >= 11 is 5.91. The lowest BCUT2D eigenvalue weighted by molar-refractivity contribution is -0.147. The lowest BCUT2D eigenvalue weighted by atomic mass is 10.0. The van der Waals surface area contributed by atoms with Crippen LogP contribution in [0, 0.1) is 0 Å². The van der Waals surface area contributed by atoms with Gasteiger partial charge in [-0.2, -0.15) is 0 Å². The van der Waals surface area contributed by atoms with Crippen molar-refractivity contribution in [1.29, 1.82) is 0 Å². The molecule has 6 heteroatoms. The zero-order chi connectivity index (χ0) is 15.2. The summed E-state index contributed by atoms with van der Waals surface area (Å²) in [7, 11) is 0. The highest BCUT2D eigenvalue weighted by Crippen LogP contribution is 2.17. The third kappa shape index (κ3) is 4.72. The normalized spacial score (nSPS) is 15.7. The maximum Gasteiger partial charge on any atom is 0.323 e. The number of carbonyl (C=O) groups excluding carboxylic acids is 1. The van der Waals surface area contributed by atoms with Gasteiger partial charge >= 0.3 is 5.97 Å². The Morgan fingerprint density at radius 1 is 1.33 bits per heavy atom. The van der Waals surface area contributed by atoms with Crippen molar-refractivity contribution in [2.45, 2.75) is 25.3 Å². The van der Waals surface area contributed by atoms with Gasteiger partial charge in [-0.1, -0.05) is 23.7 Å². The minimum absolute atomic E-state index is 0.0680. The second kappa shape index (κ2) is 7.43. The highest BCUT2D eigenvalue weighted by molar-refractivity contribution is 6.30. The average molecular weight is 312 g/mol. The van der Waals surface area contributed by atoms with Crippen molar-refractivity contribution >= 4 is 23.5 Å². The molecule has 5 nitrogen and oxygen atoms in total. The van der Waals surface area contributed by atoms with E-state index in [9.17, 15) is 9.59 Å². The SMILES string of the molecule is O=C(O)CN(C(=O)Cc1cccc(Cl)c1)C1CCOCC1. The zero-order valence-corrected chi connectivity index (χ0v) is 12.4. The Balaban J connectivity index is 2.07. The van der Waals surface area contributed by atoms with E-state index in [1.807, 2.05) is 6.07 Å². The highest BCUT2D eigenvalue weighted by Gasteiger charge is 2.27. The van der Waals surface area contributed by atoms with Crippen LogP contribution >= 0.6 is 11.6 Å². The Bertz CT molecular complexity index is 514. The minimum atomic E-state index is -0.999. The molecule has 1 aliphatic heterocycles. The van der Waals surface area contributed by atoms with Crippen molar-refractivity contribution < 1.29 is 19.4 Å². The predicted molar refractivity (Wildman–Crippen MR) is 78.3 cm³/mol. The summed E-state index contributed by atoms with van der Waals surface area (Å²) in [6.45, 7) is 0.848. The van der Waals surface area contributed by atoms with Gasteiger partial charge in [0.15, 0.2) is 0 Å². The van der Waals surface area contributed by atoms with Crippen molar-refractivity contribution in [3.63, 3.8) is 0 Å². The number of carbonyl (C=O) groups is 2. The summed E-state index contributed by atoms with van der Waals surface area (Å²) in [6.07, 6.45) is 1.51. The van der Waals surface area contributed by atoms with Crippen molar-refractivity contribution in [3.8, 4) is 0 Å². The Labute approximate surface area is 128 Å². The van der Waals surface area contributed by atoms with Crippen LogP contribution in [0.25, 0.3) is 0 Å². The molecule has 114 valence electrons. The Hall–Kier alpha value is -1.59. The number of halogens is 1. The van der Waals surface area contributed by atoms with E-state index >= 15 is 0 Å². The monoisotopic (exact) mass is 311 g/mol. The molecule has 1 fully saturated rings. The first kappa shape index (κ1) is 15.8. The molecule has 0 radical (unpaired) electrons. The number of carboxylic acids is 1. The number of ether oxygens (including phenoxy) is 1. The van der Waals surface area contributed by atoms with Gasteiger partial charge in [0.05, 0.1) is 6.42 Å². The number of aliphatic carboxylic acids is 1. The average Bonchev–Trinajstić information content (AvgIpc) is 2.45. The van der Waals surface area contributed by atoms with Crippen LogP contribution in [0.2, 0.25) is 5.02 Å². The molecule has 1 amide bonds. The van der Waals surface area contributed by atoms with Gasteiger partial charge in [-0.05, 0) is 30.5 Å². The van der Waals surface area contributed by atoms with Gasteiger partial charge < -0.3 is 14.7 Å². The molecule has 1 aromatic rings. The number of amides is 1. The molecule has 1 N–H and O–H groups in total. The fourth-order valence-electron chi connectivity index (χ4n) is 2.49. The lowest BCUT2D eigenvalue weighted by Gasteiger charge is -2.33. The van der Waals surface area contributed by atoms with E-state index in [-0.39, 0.29) is 24.9 Å². The van der Waals surface area contributed by atoms with Crippen LogP contribution < -0.4 is 0 Å². The maximum atomic E-state index is 12.4. The molecule has 0 bridgehead atoms. The molecule has 0 spiro atoms. The van der Waals surface area contributed by atoms with Crippen molar-refractivity contribution in [2.24, 2.45) is 0 Å². The third-order valence-corrected chi connectivity index (χ3v) is 3.74. The van der Waals surface area contributed by atoms with Gasteiger partial charge in [0.25, 0.3) is 0 Å². The van der Waals surface area contributed by atoms with E-state index in [0.29, 0.717) is 31.1 Å². The fraction of sp³-hybridized carbons (Fsp3) is 0.467. The Morgan fingerprint density at radius 3 is 2.67 bits per heavy atom. The molecule has 1 heterocycles. The number of carboxylic acid groups (broad SMARTS) is 1. The topological polar surface area (TPSA) is 66.8 Å². The molecule has 21 heavy (non-hydrogen) atoms. The molecule has 1 aliphatic rings. The quantitative estimate of drug-likeness (QED) is 0.903. The molecule has 1 saturated heterocycles. The first-order valence-corrected chi connectivity index (χ1v) is 7.27. The largest absolute Gasteiger partial charge is 0.480 e. The maximum absolute atomic E-state index is 12.4. The van der Waals surface area contributed by atoms with Crippen molar-refractivity contribution in [3.05, 3.63) is 34.9 Å². The summed E-state index contributed by atoms with van der Waals surface area (Å²) in [6, 6.07) is 6.99. The smallest absolute Gasteiger partial charge is 0.323 e. The van der Waals surface area contributed by atoms with Crippen LogP contribution in [0.5, 0.6) is 0 Å². The van der Waals surface area contributed by atoms with Gasteiger partial charge in [0.1, 0.15) is 6.54 Å². The molecule has 0 aliphatic carbocycles. The Kier molecular flexibility index (Phi) is 5.59. The standard InChI is InChI=1S/C15H18ClNO4/c16-12-3-1-2-11(8-12)9-14(18)17(10-15(19)20)13-4-6-21-7-5-13/h1-3,8,13H,4-7,9-10H2,(H,19,20). The zero-order valence-electron chi connectivity index (χ0n) is 11.6. The third-order valence-electron chi connectivity index (χ3n) is 3.50. The van der Waals surface area contributed by atoms with E-state index in [0.717, 1.165) is 5.56 Å².